The molecule has 0 bridgehead atoms. The molecule has 26 heavy (non-hydrogen) atoms. The van der Waals surface area contributed by atoms with Crippen molar-refractivity contribution in [1.82, 2.24) is 4.31 Å². The number of likely N-dealkylation sites (N-methyl/N-ethyl adjacent to an activating group) is 1. The minimum Gasteiger partial charge on any atom is -0.314 e. The molecule has 1 amide bonds. The van der Waals surface area contributed by atoms with Crippen LogP contribution in [0.1, 0.15) is 17.5 Å². The van der Waals surface area contributed by atoms with Crippen LogP contribution in [0.4, 0.5) is 5.69 Å². The van der Waals surface area contributed by atoms with Crippen molar-refractivity contribution in [1.29, 1.82) is 0 Å². The molecular formula is C19H19ClN2O3S. The second kappa shape index (κ2) is 5.81. The van der Waals surface area contributed by atoms with Gasteiger partial charge in [0, 0.05) is 30.8 Å². The zero-order chi connectivity index (χ0) is 18.7. The van der Waals surface area contributed by atoms with Crippen LogP contribution in [0, 0.1) is 6.92 Å². The molecule has 1 saturated heterocycles. The molecule has 0 saturated carbocycles. The van der Waals surface area contributed by atoms with E-state index in [-0.39, 0.29) is 17.3 Å². The maximum atomic E-state index is 13.0. The lowest BCUT2D eigenvalue weighted by Crippen LogP contribution is -2.42. The number of carbonyl (C=O) groups excluding carboxylic acids is 1. The van der Waals surface area contributed by atoms with Gasteiger partial charge in [0.25, 0.3) is 0 Å². The van der Waals surface area contributed by atoms with Crippen molar-refractivity contribution in [3.63, 3.8) is 0 Å². The first kappa shape index (κ1) is 17.5. The summed E-state index contributed by atoms with van der Waals surface area (Å²) in [4.78, 5) is 14.9. The lowest BCUT2D eigenvalue weighted by atomic mass is 9.81. The molecule has 1 unspecified atom stereocenters. The minimum atomic E-state index is -3.64. The summed E-state index contributed by atoms with van der Waals surface area (Å²) in [5, 5.41) is 0.547. The third-order valence-corrected chi connectivity index (χ3v) is 7.54. The smallest absolute Gasteiger partial charge is 0.243 e. The van der Waals surface area contributed by atoms with Gasteiger partial charge in [-0.1, -0.05) is 29.3 Å². The fourth-order valence-electron chi connectivity index (χ4n) is 3.96. The number of rotatable bonds is 2. The van der Waals surface area contributed by atoms with Crippen LogP contribution in [0.25, 0.3) is 0 Å². The molecule has 0 radical (unpaired) electrons. The molecule has 2 aromatic rings. The number of benzene rings is 2. The monoisotopic (exact) mass is 390 g/mol. The number of nitrogens with zero attached hydrogens (tertiary/aromatic N) is 2. The van der Waals surface area contributed by atoms with E-state index in [2.05, 4.69) is 0 Å². The highest BCUT2D eigenvalue weighted by Gasteiger charge is 2.55. The SMILES string of the molecule is Cc1ccc(S(=O)(=O)N2CCC3(C2)C(=O)N(C)c2ccc(Cl)cc23)cc1. The van der Waals surface area contributed by atoms with Gasteiger partial charge >= 0.3 is 0 Å². The number of fused-ring (bicyclic) bond motifs is 2. The Bertz CT molecular complexity index is 1000. The first-order chi connectivity index (χ1) is 12.3. The zero-order valence-electron chi connectivity index (χ0n) is 14.6. The standard InChI is InChI=1S/C19H19ClN2O3S/c1-13-3-6-15(7-4-13)26(24,25)22-10-9-19(12-22)16-11-14(20)5-8-17(16)21(2)18(19)23/h3-8,11H,9-10,12H2,1-2H3. The van der Waals surface area contributed by atoms with E-state index in [0.29, 0.717) is 18.0 Å². The number of carbonyl (C=O) groups is 1. The maximum absolute atomic E-state index is 13.0. The van der Waals surface area contributed by atoms with Crippen LogP contribution in [0.2, 0.25) is 5.02 Å². The first-order valence-corrected chi connectivity index (χ1v) is 10.2. The van der Waals surface area contributed by atoms with Crippen molar-refractivity contribution in [2.45, 2.75) is 23.7 Å². The number of halogens is 1. The van der Waals surface area contributed by atoms with Crippen LogP contribution >= 0.6 is 11.6 Å². The summed E-state index contributed by atoms with van der Waals surface area (Å²) in [6, 6.07) is 12.2. The molecule has 0 aromatic heterocycles. The Morgan fingerprint density at radius 1 is 1.12 bits per heavy atom. The molecule has 2 aliphatic rings. The lowest BCUT2D eigenvalue weighted by Gasteiger charge is -2.23. The predicted octanol–water partition coefficient (Wildman–Crippen LogP) is 2.96. The molecule has 1 spiro atoms. The summed E-state index contributed by atoms with van der Waals surface area (Å²) in [6.07, 6.45) is 0.453. The Hall–Kier alpha value is -1.89. The number of hydrogen-bond donors (Lipinski definition) is 0. The second-order valence-electron chi connectivity index (χ2n) is 7.01. The van der Waals surface area contributed by atoms with Gasteiger partial charge in [0.05, 0.1) is 10.3 Å². The summed E-state index contributed by atoms with van der Waals surface area (Å²) in [5.74, 6) is -0.0728. The van der Waals surface area contributed by atoms with Gasteiger partial charge in [0.15, 0.2) is 0 Å². The Balaban J connectivity index is 1.74. The van der Waals surface area contributed by atoms with Crippen molar-refractivity contribution >= 4 is 33.2 Å². The molecule has 4 rings (SSSR count). The van der Waals surface area contributed by atoms with E-state index in [9.17, 15) is 13.2 Å². The van der Waals surface area contributed by atoms with E-state index in [1.54, 1.807) is 48.3 Å². The third kappa shape index (κ3) is 2.40. The van der Waals surface area contributed by atoms with Gasteiger partial charge in [0.1, 0.15) is 0 Å². The lowest BCUT2D eigenvalue weighted by molar-refractivity contribution is -0.122. The van der Waals surface area contributed by atoms with Crippen LogP contribution in [0.5, 0.6) is 0 Å². The molecule has 2 aromatic carbocycles. The summed E-state index contributed by atoms with van der Waals surface area (Å²) in [6.45, 7) is 2.36. The van der Waals surface area contributed by atoms with Gasteiger partial charge in [-0.25, -0.2) is 8.42 Å². The first-order valence-electron chi connectivity index (χ1n) is 8.41. The largest absolute Gasteiger partial charge is 0.314 e. The fourth-order valence-corrected chi connectivity index (χ4v) is 5.64. The van der Waals surface area contributed by atoms with Crippen LogP contribution in [0.3, 0.4) is 0 Å². The number of amides is 1. The molecule has 5 nitrogen and oxygen atoms in total. The average Bonchev–Trinajstić information content (AvgIpc) is 3.14. The van der Waals surface area contributed by atoms with Crippen molar-refractivity contribution in [3.8, 4) is 0 Å². The van der Waals surface area contributed by atoms with Gasteiger partial charge in [0.2, 0.25) is 15.9 Å². The number of hydrogen-bond acceptors (Lipinski definition) is 3. The summed E-state index contributed by atoms with van der Waals surface area (Å²) in [7, 11) is -1.92. The molecule has 0 N–H and O–H groups in total. The summed E-state index contributed by atoms with van der Waals surface area (Å²) >= 11 is 6.16. The highest BCUT2D eigenvalue weighted by Crippen LogP contribution is 2.48. The highest BCUT2D eigenvalue weighted by atomic mass is 35.5. The molecule has 136 valence electrons. The summed E-state index contributed by atoms with van der Waals surface area (Å²) in [5.41, 5.74) is 1.76. The highest BCUT2D eigenvalue weighted by molar-refractivity contribution is 7.89. The normalized spacial score (nSPS) is 23.0. The molecule has 0 aliphatic carbocycles. The van der Waals surface area contributed by atoms with Crippen LogP contribution in [0.15, 0.2) is 47.4 Å². The average molecular weight is 391 g/mol. The van der Waals surface area contributed by atoms with Crippen LogP contribution in [-0.2, 0) is 20.2 Å². The minimum absolute atomic E-state index is 0.0728. The van der Waals surface area contributed by atoms with Crippen LogP contribution < -0.4 is 4.90 Å². The van der Waals surface area contributed by atoms with E-state index in [1.807, 2.05) is 13.0 Å². The molecule has 2 aliphatic heterocycles. The van der Waals surface area contributed by atoms with E-state index >= 15 is 0 Å². The predicted molar refractivity (Wildman–Crippen MR) is 101 cm³/mol. The third-order valence-electron chi connectivity index (χ3n) is 5.44. The molecule has 1 atom stereocenters. The van der Waals surface area contributed by atoms with Crippen molar-refractivity contribution in [3.05, 3.63) is 58.6 Å². The van der Waals surface area contributed by atoms with E-state index in [0.717, 1.165) is 16.8 Å². The molecule has 7 heteroatoms. The van der Waals surface area contributed by atoms with E-state index < -0.39 is 15.4 Å². The van der Waals surface area contributed by atoms with Crippen molar-refractivity contribution < 1.29 is 13.2 Å². The number of sulfonamides is 1. The Kier molecular flexibility index (Phi) is 3.91. The second-order valence-corrected chi connectivity index (χ2v) is 9.38. The summed E-state index contributed by atoms with van der Waals surface area (Å²) < 4.78 is 27.5. The Morgan fingerprint density at radius 2 is 1.81 bits per heavy atom. The van der Waals surface area contributed by atoms with Gasteiger partial charge < -0.3 is 4.90 Å². The van der Waals surface area contributed by atoms with Crippen molar-refractivity contribution in [2.24, 2.45) is 0 Å². The van der Waals surface area contributed by atoms with E-state index in [4.69, 9.17) is 11.6 Å². The van der Waals surface area contributed by atoms with Gasteiger partial charge in [-0.05, 0) is 49.2 Å². The Morgan fingerprint density at radius 3 is 2.50 bits per heavy atom. The number of aryl methyl sites for hydroxylation is 1. The maximum Gasteiger partial charge on any atom is 0.243 e. The number of anilines is 1. The fraction of sp³-hybridized carbons (Fsp3) is 0.316. The van der Waals surface area contributed by atoms with Crippen molar-refractivity contribution in [2.75, 3.05) is 25.0 Å². The molecule has 2 heterocycles. The quantitative estimate of drug-likeness (QED) is 0.792. The van der Waals surface area contributed by atoms with E-state index in [1.165, 1.54) is 4.31 Å². The Labute approximate surface area is 158 Å². The topological polar surface area (TPSA) is 57.7 Å². The zero-order valence-corrected chi connectivity index (χ0v) is 16.1. The molecule has 1 fully saturated rings. The van der Waals surface area contributed by atoms with Crippen LogP contribution in [-0.4, -0.2) is 38.8 Å². The van der Waals surface area contributed by atoms with Gasteiger partial charge in [-0.15, -0.1) is 0 Å². The molecular weight excluding hydrogens is 372 g/mol. The van der Waals surface area contributed by atoms with Gasteiger partial charge in [-0.2, -0.15) is 4.31 Å². The van der Waals surface area contributed by atoms with Gasteiger partial charge in [-0.3, -0.25) is 4.79 Å².